The van der Waals surface area contributed by atoms with E-state index in [0.29, 0.717) is 10.6 Å². The van der Waals surface area contributed by atoms with Crippen LogP contribution in [0.2, 0.25) is 0 Å². The van der Waals surface area contributed by atoms with Crippen molar-refractivity contribution in [3.63, 3.8) is 0 Å². The van der Waals surface area contributed by atoms with Gasteiger partial charge in [0.1, 0.15) is 0 Å². The van der Waals surface area contributed by atoms with Crippen LogP contribution in [0.4, 0.5) is 0 Å². The molecule has 18 heavy (non-hydrogen) atoms. The molecule has 0 fully saturated rings. The van der Waals surface area contributed by atoms with Crippen molar-refractivity contribution in [3.8, 4) is 11.1 Å². The van der Waals surface area contributed by atoms with Gasteiger partial charge in [0, 0.05) is 12.0 Å². The largest absolute Gasteiger partial charge is 0.224 e. The van der Waals surface area contributed by atoms with Gasteiger partial charge in [-0.05, 0) is 28.8 Å². The fourth-order valence-corrected chi connectivity index (χ4v) is 2.59. The first-order valence-electron chi connectivity index (χ1n) is 5.51. The van der Waals surface area contributed by atoms with Crippen molar-refractivity contribution in [2.75, 3.05) is 6.26 Å². The summed E-state index contributed by atoms with van der Waals surface area (Å²) >= 11 is 4.21. The van der Waals surface area contributed by atoms with Crippen molar-refractivity contribution in [1.82, 2.24) is 0 Å². The summed E-state index contributed by atoms with van der Waals surface area (Å²) in [6.07, 6.45) is 1.22. The topological polar surface area (TPSA) is 34.1 Å². The monoisotopic (exact) mass is 278 g/mol. The molecule has 0 bridgehead atoms. The molecule has 0 radical (unpaired) electrons. The minimum Gasteiger partial charge on any atom is -0.224 e. The third-order valence-corrected chi connectivity index (χ3v) is 4.21. The van der Waals surface area contributed by atoms with Crippen molar-refractivity contribution in [2.24, 2.45) is 0 Å². The predicted molar refractivity (Wildman–Crippen MR) is 77.7 cm³/mol. The molecule has 0 aliphatic rings. The summed E-state index contributed by atoms with van der Waals surface area (Å²) in [6.45, 7) is 0. The summed E-state index contributed by atoms with van der Waals surface area (Å²) < 4.78 is 23.0. The maximum atomic E-state index is 11.5. The van der Waals surface area contributed by atoms with E-state index in [1.807, 2.05) is 30.3 Å². The third kappa shape index (κ3) is 2.94. The Bertz CT molecular complexity index is 644. The molecule has 2 aromatic carbocycles. The van der Waals surface area contributed by atoms with Crippen LogP contribution in [-0.4, -0.2) is 14.7 Å². The van der Waals surface area contributed by atoms with Gasteiger partial charge in [0.05, 0.1) is 4.90 Å². The first-order valence-corrected chi connectivity index (χ1v) is 8.03. The van der Waals surface area contributed by atoms with Gasteiger partial charge in [0.15, 0.2) is 9.84 Å². The summed E-state index contributed by atoms with van der Waals surface area (Å²) in [5.41, 5.74) is 3.05. The second-order valence-corrected chi connectivity index (χ2v) is 6.49. The molecule has 0 unspecified atom stereocenters. The first-order chi connectivity index (χ1) is 8.50. The van der Waals surface area contributed by atoms with Crippen LogP contribution < -0.4 is 0 Å². The van der Waals surface area contributed by atoms with Crippen LogP contribution in [0.3, 0.4) is 0 Å². The van der Waals surface area contributed by atoms with Gasteiger partial charge in [-0.2, -0.15) is 12.6 Å². The summed E-state index contributed by atoms with van der Waals surface area (Å²) in [4.78, 5) is 0.346. The van der Waals surface area contributed by atoms with E-state index >= 15 is 0 Å². The molecule has 0 aromatic heterocycles. The van der Waals surface area contributed by atoms with E-state index in [0.717, 1.165) is 16.7 Å². The molecule has 0 heterocycles. The van der Waals surface area contributed by atoms with Crippen LogP contribution in [0.25, 0.3) is 11.1 Å². The van der Waals surface area contributed by atoms with E-state index in [2.05, 4.69) is 12.6 Å². The van der Waals surface area contributed by atoms with E-state index in [1.165, 1.54) is 6.26 Å². The Morgan fingerprint density at radius 3 is 2.22 bits per heavy atom. The van der Waals surface area contributed by atoms with Crippen LogP contribution in [-0.2, 0) is 15.6 Å². The molecule has 4 heteroatoms. The van der Waals surface area contributed by atoms with Gasteiger partial charge in [0.25, 0.3) is 0 Å². The second-order valence-electron chi connectivity index (χ2n) is 4.16. The first kappa shape index (κ1) is 13.2. The fourth-order valence-electron chi connectivity index (χ4n) is 1.71. The highest BCUT2D eigenvalue weighted by atomic mass is 32.2. The lowest BCUT2D eigenvalue weighted by Gasteiger charge is -2.05. The molecule has 0 aliphatic heterocycles. The Labute approximate surface area is 113 Å². The zero-order valence-electron chi connectivity index (χ0n) is 10.00. The number of sulfone groups is 1. The van der Waals surface area contributed by atoms with Gasteiger partial charge in [-0.3, -0.25) is 0 Å². The molecule has 0 saturated carbocycles. The van der Waals surface area contributed by atoms with Gasteiger partial charge in [-0.15, -0.1) is 0 Å². The summed E-state index contributed by atoms with van der Waals surface area (Å²) in [5.74, 6) is 0.698. The van der Waals surface area contributed by atoms with Crippen LogP contribution >= 0.6 is 12.6 Å². The number of hydrogen-bond acceptors (Lipinski definition) is 3. The molecular formula is C14H14O2S2. The van der Waals surface area contributed by atoms with Crippen molar-refractivity contribution >= 4 is 22.5 Å². The summed E-state index contributed by atoms with van der Waals surface area (Å²) in [6, 6.07) is 14.9. The normalized spacial score (nSPS) is 11.4. The standard InChI is InChI=1S/C14H14O2S2/c1-18(15,16)14-4-2-3-13(9-14)12-7-5-11(10-17)6-8-12/h2-9,17H,10H2,1H3. The third-order valence-electron chi connectivity index (χ3n) is 2.73. The Kier molecular flexibility index (Phi) is 3.78. The molecule has 0 saturated heterocycles. The van der Waals surface area contributed by atoms with Crippen molar-refractivity contribution in [1.29, 1.82) is 0 Å². The molecule has 0 N–H and O–H groups in total. The van der Waals surface area contributed by atoms with E-state index in [1.54, 1.807) is 18.2 Å². The van der Waals surface area contributed by atoms with Crippen LogP contribution in [0.5, 0.6) is 0 Å². The van der Waals surface area contributed by atoms with Crippen LogP contribution in [0.1, 0.15) is 5.56 Å². The lowest BCUT2D eigenvalue weighted by atomic mass is 10.0. The van der Waals surface area contributed by atoms with Gasteiger partial charge < -0.3 is 0 Å². The Hall–Kier alpha value is -1.26. The Morgan fingerprint density at radius 1 is 1.00 bits per heavy atom. The molecule has 2 rings (SSSR count). The zero-order valence-corrected chi connectivity index (χ0v) is 11.7. The van der Waals surface area contributed by atoms with Crippen molar-refractivity contribution < 1.29 is 8.42 Å². The van der Waals surface area contributed by atoms with Crippen molar-refractivity contribution in [3.05, 3.63) is 54.1 Å². The van der Waals surface area contributed by atoms with Gasteiger partial charge in [-0.1, -0.05) is 36.4 Å². The number of hydrogen-bond donors (Lipinski definition) is 1. The molecule has 2 aromatic rings. The highest BCUT2D eigenvalue weighted by Crippen LogP contribution is 2.23. The number of benzene rings is 2. The lowest BCUT2D eigenvalue weighted by molar-refractivity contribution is 0.602. The molecule has 0 spiro atoms. The van der Waals surface area contributed by atoms with Gasteiger partial charge in [0.2, 0.25) is 0 Å². The van der Waals surface area contributed by atoms with E-state index < -0.39 is 9.84 Å². The minimum atomic E-state index is -3.16. The highest BCUT2D eigenvalue weighted by Gasteiger charge is 2.08. The molecule has 0 atom stereocenters. The highest BCUT2D eigenvalue weighted by molar-refractivity contribution is 7.90. The molecule has 0 amide bonds. The van der Waals surface area contributed by atoms with Crippen molar-refractivity contribution in [2.45, 2.75) is 10.6 Å². The average molecular weight is 278 g/mol. The zero-order chi connectivity index (χ0) is 13.2. The molecule has 94 valence electrons. The summed E-state index contributed by atoms with van der Waals surface area (Å²) in [7, 11) is -3.16. The Balaban J connectivity index is 2.44. The average Bonchev–Trinajstić information content (AvgIpc) is 2.38. The summed E-state index contributed by atoms with van der Waals surface area (Å²) in [5, 5.41) is 0. The SMILES string of the molecule is CS(=O)(=O)c1cccc(-c2ccc(CS)cc2)c1. The smallest absolute Gasteiger partial charge is 0.175 e. The number of rotatable bonds is 3. The van der Waals surface area contributed by atoms with E-state index in [9.17, 15) is 8.42 Å². The maximum Gasteiger partial charge on any atom is 0.175 e. The quantitative estimate of drug-likeness (QED) is 0.875. The second kappa shape index (κ2) is 5.16. The van der Waals surface area contributed by atoms with E-state index in [-0.39, 0.29) is 0 Å². The Morgan fingerprint density at radius 2 is 1.67 bits per heavy atom. The molecule has 0 aliphatic carbocycles. The van der Waals surface area contributed by atoms with E-state index in [4.69, 9.17) is 0 Å². The predicted octanol–water partition coefficient (Wildman–Crippen LogP) is 3.19. The molecule has 2 nitrogen and oxygen atoms in total. The fraction of sp³-hybridized carbons (Fsp3) is 0.143. The van der Waals surface area contributed by atoms with Crippen LogP contribution in [0, 0.1) is 0 Å². The van der Waals surface area contributed by atoms with Gasteiger partial charge >= 0.3 is 0 Å². The minimum absolute atomic E-state index is 0.346. The van der Waals surface area contributed by atoms with Gasteiger partial charge in [-0.25, -0.2) is 8.42 Å². The number of thiol groups is 1. The van der Waals surface area contributed by atoms with Crippen LogP contribution in [0.15, 0.2) is 53.4 Å². The lowest BCUT2D eigenvalue weighted by Crippen LogP contribution is -1.96. The molecular weight excluding hydrogens is 264 g/mol. The maximum absolute atomic E-state index is 11.5.